The first-order valence-corrected chi connectivity index (χ1v) is 6.51. The van der Waals surface area contributed by atoms with E-state index in [1.165, 1.54) is 31.4 Å². The maximum Gasteiger partial charge on any atom is 0.0359 e. The smallest absolute Gasteiger partial charge is 0.0359 e. The maximum absolute atomic E-state index is 2.64. The van der Waals surface area contributed by atoms with E-state index in [9.17, 15) is 0 Å². The van der Waals surface area contributed by atoms with Crippen molar-refractivity contribution < 1.29 is 0 Å². The Labute approximate surface area is 90.7 Å². The zero-order valence-corrected chi connectivity index (χ0v) is 9.89. The van der Waals surface area contributed by atoms with Crippen molar-refractivity contribution in [2.75, 3.05) is 6.54 Å². The van der Waals surface area contributed by atoms with Crippen molar-refractivity contribution >= 4 is 11.3 Å². The number of hydrogen-bond acceptors (Lipinski definition) is 2. The van der Waals surface area contributed by atoms with Gasteiger partial charge in [0.05, 0.1) is 0 Å². The molecule has 0 unspecified atom stereocenters. The fourth-order valence-electron chi connectivity index (χ4n) is 2.39. The molecule has 1 aliphatic rings. The first-order chi connectivity index (χ1) is 6.79. The van der Waals surface area contributed by atoms with Crippen LogP contribution in [0.25, 0.3) is 0 Å². The summed E-state index contributed by atoms with van der Waals surface area (Å²) in [5, 5.41) is 4.51. The van der Waals surface area contributed by atoms with E-state index in [1.54, 1.807) is 0 Å². The van der Waals surface area contributed by atoms with Gasteiger partial charge in [0.15, 0.2) is 0 Å². The number of hydrogen-bond donors (Lipinski definition) is 0. The molecule has 0 aromatic carbocycles. The molecule has 2 heteroatoms. The van der Waals surface area contributed by atoms with Crippen molar-refractivity contribution in [1.29, 1.82) is 0 Å². The minimum absolute atomic E-state index is 0.681. The lowest BCUT2D eigenvalue weighted by Gasteiger charge is -2.38. The molecular formula is C12H19NS. The molecule has 1 fully saturated rings. The van der Waals surface area contributed by atoms with Gasteiger partial charge in [-0.2, -0.15) is 11.3 Å². The molecule has 1 nitrogen and oxygen atoms in total. The summed E-state index contributed by atoms with van der Waals surface area (Å²) in [5.74, 6) is 0. The van der Waals surface area contributed by atoms with Crippen LogP contribution in [0.5, 0.6) is 0 Å². The van der Waals surface area contributed by atoms with E-state index >= 15 is 0 Å². The predicted octanol–water partition coefficient (Wildman–Crippen LogP) is 3.68. The molecule has 1 aromatic rings. The van der Waals surface area contributed by atoms with Gasteiger partial charge < -0.3 is 0 Å². The monoisotopic (exact) mass is 209 g/mol. The Morgan fingerprint density at radius 2 is 2.29 bits per heavy atom. The van der Waals surface area contributed by atoms with Crippen molar-refractivity contribution in [3.05, 3.63) is 22.4 Å². The molecule has 0 bridgehead atoms. The quantitative estimate of drug-likeness (QED) is 0.718. The highest BCUT2D eigenvalue weighted by Gasteiger charge is 2.25. The van der Waals surface area contributed by atoms with Gasteiger partial charge in [0, 0.05) is 12.1 Å². The van der Waals surface area contributed by atoms with Crippen LogP contribution in [-0.4, -0.2) is 17.5 Å². The first kappa shape index (κ1) is 10.2. The standard InChI is InChI=1S/C12H19NS/c1-10(2)13-7-4-3-5-12(13)11-6-8-14-9-11/h6,8-10,12H,3-5,7H2,1-2H3/t12-/m1/s1. The molecular weight excluding hydrogens is 190 g/mol. The van der Waals surface area contributed by atoms with Crippen molar-refractivity contribution in [2.24, 2.45) is 0 Å². The zero-order chi connectivity index (χ0) is 9.97. The Hall–Kier alpha value is -0.340. The largest absolute Gasteiger partial charge is 0.294 e. The van der Waals surface area contributed by atoms with E-state index in [1.807, 2.05) is 11.3 Å². The van der Waals surface area contributed by atoms with Crippen LogP contribution < -0.4 is 0 Å². The van der Waals surface area contributed by atoms with Gasteiger partial charge in [-0.3, -0.25) is 4.90 Å². The third-order valence-electron chi connectivity index (χ3n) is 3.14. The molecule has 78 valence electrons. The van der Waals surface area contributed by atoms with Crippen LogP contribution in [0.2, 0.25) is 0 Å². The van der Waals surface area contributed by atoms with Crippen LogP contribution in [0, 0.1) is 0 Å². The first-order valence-electron chi connectivity index (χ1n) is 5.57. The molecule has 0 amide bonds. The van der Waals surface area contributed by atoms with Gasteiger partial charge >= 0.3 is 0 Å². The van der Waals surface area contributed by atoms with E-state index in [-0.39, 0.29) is 0 Å². The van der Waals surface area contributed by atoms with E-state index in [2.05, 4.69) is 35.6 Å². The zero-order valence-electron chi connectivity index (χ0n) is 9.07. The molecule has 1 aliphatic heterocycles. The number of rotatable bonds is 2. The van der Waals surface area contributed by atoms with Crippen LogP contribution in [0.3, 0.4) is 0 Å². The van der Waals surface area contributed by atoms with Gasteiger partial charge in [-0.15, -0.1) is 0 Å². The lowest BCUT2D eigenvalue weighted by atomic mass is 9.96. The average Bonchev–Trinajstić information content (AvgIpc) is 2.70. The molecule has 1 atom stereocenters. The third kappa shape index (κ3) is 2.01. The number of nitrogens with zero attached hydrogens (tertiary/aromatic N) is 1. The second kappa shape index (κ2) is 4.45. The molecule has 0 aliphatic carbocycles. The van der Waals surface area contributed by atoms with E-state index in [0.29, 0.717) is 12.1 Å². The molecule has 0 saturated carbocycles. The Kier molecular flexibility index (Phi) is 3.24. The molecule has 2 heterocycles. The Balaban J connectivity index is 2.14. The van der Waals surface area contributed by atoms with Crippen LogP contribution >= 0.6 is 11.3 Å². The summed E-state index contributed by atoms with van der Waals surface area (Å²) in [7, 11) is 0. The average molecular weight is 209 g/mol. The second-order valence-electron chi connectivity index (χ2n) is 4.40. The Bertz CT molecular complexity index is 266. The lowest BCUT2D eigenvalue weighted by Crippen LogP contribution is -2.38. The van der Waals surface area contributed by atoms with Crippen LogP contribution in [0.4, 0.5) is 0 Å². The Morgan fingerprint density at radius 1 is 1.43 bits per heavy atom. The predicted molar refractivity (Wildman–Crippen MR) is 62.8 cm³/mol. The van der Waals surface area contributed by atoms with E-state index in [0.717, 1.165) is 0 Å². The van der Waals surface area contributed by atoms with Crippen molar-refractivity contribution in [3.8, 4) is 0 Å². The molecule has 14 heavy (non-hydrogen) atoms. The minimum atomic E-state index is 0.681. The van der Waals surface area contributed by atoms with E-state index in [4.69, 9.17) is 0 Å². The summed E-state index contributed by atoms with van der Waals surface area (Å²) in [5.41, 5.74) is 1.53. The summed E-state index contributed by atoms with van der Waals surface area (Å²) in [6.45, 7) is 5.90. The van der Waals surface area contributed by atoms with Crippen molar-refractivity contribution in [1.82, 2.24) is 4.90 Å². The number of likely N-dealkylation sites (tertiary alicyclic amines) is 1. The molecule has 0 N–H and O–H groups in total. The van der Waals surface area contributed by atoms with Crippen molar-refractivity contribution in [2.45, 2.75) is 45.2 Å². The van der Waals surface area contributed by atoms with E-state index < -0.39 is 0 Å². The normalized spacial score (nSPS) is 24.4. The fraction of sp³-hybridized carbons (Fsp3) is 0.667. The highest BCUT2D eigenvalue weighted by Crippen LogP contribution is 2.33. The molecule has 2 rings (SSSR count). The van der Waals surface area contributed by atoms with Gasteiger partial charge in [-0.05, 0) is 55.6 Å². The summed E-state index contributed by atoms with van der Waals surface area (Å²) in [6.07, 6.45) is 4.11. The summed E-state index contributed by atoms with van der Waals surface area (Å²) in [4.78, 5) is 2.64. The van der Waals surface area contributed by atoms with Crippen molar-refractivity contribution in [3.63, 3.8) is 0 Å². The van der Waals surface area contributed by atoms with Gasteiger partial charge in [-0.25, -0.2) is 0 Å². The SMILES string of the molecule is CC(C)N1CCCC[C@@H]1c1ccsc1. The van der Waals surface area contributed by atoms with Gasteiger partial charge in [0.1, 0.15) is 0 Å². The highest BCUT2D eigenvalue weighted by atomic mass is 32.1. The van der Waals surface area contributed by atoms with Crippen LogP contribution in [-0.2, 0) is 0 Å². The molecule has 0 spiro atoms. The van der Waals surface area contributed by atoms with Crippen LogP contribution in [0.15, 0.2) is 16.8 Å². The summed E-state index contributed by atoms with van der Waals surface area (Å²) >= 11 is 1.82. The fourth-order valence-corrected chi connectivity index (χ4v) is 3.10. The lowest BCUT2D eigenvalue weighted by molar-refractivity contribution is 0.112. The second-order valence-corrected chi connectivity index (χ2v) is 5.18. The summed E-state index contributed by atoms with van der Waals surface area (Å²) in [6, 6.07) is 3.66. The topological polar surface area (TPSA) is 3.24 Å². The number of piperidine rings is 1. The maximum atomic E-state index is 2.64. The molecule has 0 radical (unpaired) electrons. The number of thiophene rings is 1. The van der Waals surface area contributed by atoms with Gasteiger partial charge in [0.25, 0.3) is 0 Å². The van der Waals surface area contributed by atoms with Gasteiger partial charge in [-0.1, -0.05) is 6.42 Å². The molecule has 1 aromatic heterocycles. The summed E-state index contributed by atoms with van der Waals surface area (Å²) < 4.78 is 0. The highest BCUT2D eigenvalue weighted by molar-refractivity contribution is 7.07. The van der Waals surface area contributed by atoms with Gasteiger partial charge in [0.2, 0.25) is 0 Å². The Morgan fingerprint density at radius 3 is 2.93 bits per heavy atom. The minimum Gasteiger partial charge on any atom is -0.294 e. The molecule has 1 saturated heterocycles. The third-order valence-corrected chi connectivity index (χ3v) is 3.84. The van der Waals surface area contributed by atoms with Crippen LogP contribution in [0.1, 0.15) is 44.7 Å².